The van der Waals surface area contributed by atoms with Gasteiger partial charge in [0.15, 0.2) is 5.13 Å². The van der Waals surface area contributed by atoms with Crippen LogP contribution in [0.1, 0.15) is 0 Å². The van der Waals surface area contributed by atoms with Crippen LogP contribution in [0.4, 0.5) is 5.13 Å². The maximum Gasteiger partial charge on any atom is 0.250 e. The van der Waals surface area contributed by atoms with Gasteiger partial charge in [-0.3, -0.25) is 9.69 Å². The second kappa shape index (κ2) is 7.94. The number of carbonyl (C=O) groups is 1. The predicted octanol–water partition coefficient (Wildman–Crippen LogP) is 3.40. The van der Waals surface area contributed by atoms with Gasteiger partial charge in [0, 0.05) is 17.6 Å². The van der Waals surface area contributed by atoms with Crippen molar-refractivity contribution in [2.24, 2.45) is 0 Å². The van der Waals surface area contributed by atoms with Crippen LogP contribution in [0.2, 0.25) is 0 Å². The van der Waals surface area contributed by atoms with Crippen molar-refractivity contribution in [3.05, 3.63) is 46.9 Å². The van der Waals surface area contributed by atoms with Gasteiger partial charge in [-0.25, -0.2) is 9.67 Å². The predicted molar refractivity (Wildman–Crippen MR) is 116 cm³/mol. The quantitative estimate of drug-likeness (QED) is 0.442. The molecule has 4 aromatic rings. The van der Waals surface area contributed by atoms with E-state index in [1.807, 2.05) is 56.6 Å². The van der Waals surface area contributed by atoms with E-state index in [1.54, 1.807) is 9.58 Å². The number of thiazole rings is 1. The summed E-state index contributed by atoms with van der Waals surface area (Å²) < 4.78 is 3.68. The first-order valence-corrected chi connectivity index (χ1v) is 10.4. The zero-order valence-corrected chi connectivity index (χ0v) is 17.9. The Bertz CT molecular complexity index is 1140. The smallest absolute Gasteiger partial charge is 0.250 e. The molecule has 0 saturated heterocycles. The fourth-order valence-corrected chi connectivity index (χ4v) is 4.44. The zero-order chi connectivity index (χ0) is 19.7. The lowest BCUT2D eigenvalue weighted by atomic mass is 10.3. The number of fused-ring (bicyclic) bond motifs is 2. The average Bonchev–Trinajstić information content (AvgIpc) is 3.25. The molecule has 2 heterocycles. The van der Waals surface area contributed by atoms with Crippen molar-refractivity contribution in [3.8, 4) is 0 Å². The fraction of sp³-hybridized carbons (Fsp3) is 0.263. The first-order valence-electron chi connectivity index (χ1n) is 8.81. The lowest BCUT2D eigenvalue weighted by Crippen LogP contribution is -2.38. The number of likely N-dealkylation sites (N-methyl/N-ethyl adjacent to an activating group) is 1. The highest BCUT2D eigenvalue weighted by Crippen LogP contribution is 2.31. The number of amides is 1. The minimum Gasteiger partial charge on any atom is -0.308 e. The molecule has 4 rings (SSSR count). The Kier molecular flexibility index (Phi) is 5.38. The van der Waals surface area contributed by atoms with Crippen molar-refractivity contribution in [2.75, 3.05) is 32.1 Å². The van der Waals surface area contributed by atoms with E-state index in [2.05, 4.69) is 36.1 Å². The maximum atomic E-state index is 13.2. The highest BCUT2D eigenvalue weighted by molar-refractivity contribution is 9.10. The lowest BCUT2D eigenvalue weighted by molar-refractivity contribution is -0.119. The Hall–Kier alpha value is -2.36. The number of hydrogen-bond acceptors (Lipinski definition) is 6. The van der Waals surface area contributed by atoms with Crippen molar-refractivity contribution >= 4 is 59.6 Å². The van der Waals surface area contributed by atoms with Crippen LogP contribution in [0, 0.1) is 0 Å². The highest BCUT2D eigenvalue weighted by Gasteiger charge is 2.21. The van der Waals surface area contributed by atoms with E-state index in [4.69, 9.17) is 0 Å². The van der Waals surface area contributed by atoms with Gasteiger partial charge in [0.25, 0.3) is 5.91 Å². The number of rotatable bonds is 6. The lowest BCUT2D eigenvalue weighted by Gasteiger charge is -2.22. The summed E-state index contributed by atoms with van der Waals surface area (Å²) in [4.78, 5) is 21.7. The van der Waals surface area contributed by atoms with Crippen molar-refractivity contribution in [3.63, 3.8) is 0 Å². The van der Waals surface area contributed by atoms with E-state index in [0.29, 0.717) is 11.7 Å². The SMILES string of the molecule is CN(C)CCN(C(=O)Cn1nnc2ccccc21)c1nc2ccc(Br)cc2s1. The Morgan fingerprint density at radius 2 is 1.96 bits per heavy atom. The van der Waals surface area contributed by atoms with Gasteiger partial charge in [-0.05, 0) is 44.4 Å². The number of carbonyl (C=O) groups excluding carboxylic acids is 1. The molecule has 7 nitrogen and oxygen atoms in total. The molecule has 0 aliphatic heterocycles. The summed E-state index contributed by atoms with van der Waals surface area (Å²) in [6.45, 7) is 1.41. The third kappa shape index (κ3) is 3.91. The molecule has 9 heteroatoms. The van der Waals surface area contributed by atoms with Crippen molar-refractivity contribution in [2.45, 2.75) is 6.54 Å². The summed E-state index contributed by atoms with van der Waals surface area (Å²) in [7, 11) is 3.98. The van der Waals surface area contributed by atoms with Crippen molar-refractivity contribution < 1.29 is 4.79 Å². The molecule has 0 aliphatic carbocycles. The van der Waals surface area contributed by atoms with E-state index in [-0.39, 0.29) is 12.5 Å². The first-order chi connectivity index (χ1) is 13.5. The summed E-state index contributed by atoms with van der Waals surface area (Å²) in [5, 5.41) is 8.98. The molecule has 28 heavy (non-hydrogen) atoms. The molecule has 0 saturated carbocycles. The van der Waals surface area contributed by atoms with Crippen LogP contribution in [0.5, 0.6) is 0 Å². The number of para-hydroxylation sites is 1. The largest absolute Gasteiger partial charge is 0.308 e. The molecule has 0 atom stereocenters. The van der Waals surface area contributed by atoms with Crippen LogP contribution in [0.3, 0.4) is 0 Å². The van der Waals surface area contributed by atoms with Gasteiger partial charge in [-0.1, -0.05) is 44.6 Å². The van der Waals surface area contributed by atoms with Crippen LogP contribution in [-0.2, 0) is 11.3 Å². The first kappa shape index (κ1) is 19.0. The van der Waals surface area contributed by atoms with E-state index < -0.39 is 0 Å². The number of aromatic nitrogens is 4. The second-order valence-corrected chi connectivity index (χ2v) is 8.62. The minimum absolute atomic E-state index is 0.0596. The number of benzene rings is 2. The van der Waals surface area contributed by atoms with Gasteiger partial charge in [-0.2, -0.15) is 0 Å². The molecule has 2 aromatic heterocycles. The summed E-state index contributed by atoms with van der Waals surface area (Å²) in [5.41, 5.74) is 2.51. The number of halogens is 1. The van der Waals surface area contributed by atoms with Gasteiger partial charge in [0.1, 0.15) is 12.1 Å². The van der Waals surface area contributed by atoms with E-state index >= 15 is 0 Å². The molecular formula is C19H19BrN6OS. The van der Waals surface area contributed by atoms with Crippen LogP contribution >= 0.6 is 27.3 Å². The summed E-state index contributed by atoms with van der Waals surface area (Å²) >= 11 is 5.01. The normalized spacial score (nSPS) is 11.6. The summed E-state index contributed by atoms with van der Waals surface area (Å²) in [6.07, 6.45) is 0. The van der Waals surface area contributed by atoms with Crippen LogP contribution < -0.4 is 4.90 Å². The van der Waals surface area contributed by atoms with Crippen LogP contribution in [0.15, 0.2) is 46.9 Å². The second-order valence-electron chi connectivity index (χ2n) is 6.69. The van der Waals surface area contributed by atoms with E-state index in [9.17, 15) is 4.79 Å². The van der Waals surface area contributed by atoms with E-state index in [1.165, 1.54) is 11.3 Å². The molecule has 1 amide bonds. The monoisotopic (exact) mass is 458 g/mol. The number of nitrogens with zero attached hydrogens (tertiary/aromatic N) is 6. The number of anilines is 1. The molecule has 0 unspecified atom stereocenters. The van der Waals surface area contributed by atoms with Gasteiger partial charge in [-0.15, -0.1) is 5.10 Å². The van der Waals surface area contributed by atoms with Gasteiger partial charge in [0.05, 0.1) is 15.7 Å². The Labute approximate surface area is 174 Å². The van der Waals surface area contributed by atoms with Crippen molar-refractivity contribution in [1.29, 1.82) is 0 Å². The Balaban J connectivity index is 1.65. The average molecular weight is 459 g/mol. The molecule has 144 valence electrons. The molecule has 0 N–H and O–H groups in total. The van der Waals surface area contributed by atoms with Crippen molar-refractivity contribution in [1.82, 2.24) is 24.9 Å². The Morgan fingerprint density at radius 3 is 2.79 bits per heavy atom. The van der Waals surface area contributed by atoms with E-state index in [0.717, 1.165) is 32.3 Å². The third-order valence-electron chi connectivity index (χ3n) is 4.35. The third-order valence-corrected chi connectivity index (χ3v) is 5.88. The number of hydrogen-bond donors (Lipinski definition) is 0. The zero-order valence-electron chi connectivity index (χ0n) is 15.5. The fourth-order valence-electron chi connectivity index (χ4n) is 2.88. The molecule has 0 aliphatic rings. The Morgan fingerprint density at radius 1 is 1.14 bits per heavy atom. The van der Waals surface area contributed by atoms with Gasteiger partial charge < -0.3 is 4.90 Å². The molecule has 0 fully saturated rings. The van der Waals surface area contributed by atoms with Crippen LogP contribution in [-0.4, -0.2) is 58.0 Å². The minimum atomic E-state index is -0.0596. The van der Waals surface area contributed by atoms with Crippen LogP contribution in [0.25, 0.3) is 21.3 Å². The highest BCUT2D eigenvalue weighted by atomic mass is 79.9. The summed E-state index contributed by atoms with van der Waals surface area (Å²) in [5.74, 6) is -0.0596. The summed E-state index contributed by atoms with van der Waals surface area (Å²) in [6, 6.07) is 13.6. The van der Waals surface area contributed by atoms with Gasteiger partial charge >= 0.3 is 0 Å². The molecular weight excluding hydrogens is 440 g/mol. The van der Waals surface area contributed by atoms with Gasteiger partial charge in [0.2, 0.25) is 0 Å². The maximum absolute atomic E-state index is 13.2. The molecule has 2 aromatic carbocycles. The standard InChI is InChI=1S/C19H19BrN6OS/c1-24(2)9-10-25(19-21-15-8-7-13(20)11-17(15)28-19)18(27)12-26-16-6-4-3-5-14(16)22-23-26/h3-8,11H,9-10,12H2,1-2H3. The molecule has 0 spiro atoms. The molecule has 0 radical (unpaired) electrons. The molecule has 0 bridgehead atoms. The topological polar surface area (TPSA) is 67.2 Å².